The number of aromatic nitrogens is 3. The molecule has 4 rings (SSSR count). The second-order valence-corrected chi connectivity index (χ2v) is 7.02. The quantitative estimate of drug-likeness (QED) is 0.642. The van der Waals surface area contributed by atoms with Gasteiger partial charge in [-0.25, -0.2) is 0 Å². The first-order chi connectivity index (χ1) is 12.8. The van der Waals surface area contributed by atoms with Gasteiger partial charge in [0.1, 0.15) is 0 Å². The maximum absolute atomic E-state index is 12.4. The first kappa shape index (κ1) is 16.8. The van der Waals surface area contributed by atoms with E-state index in [1.807, 2.05) is 41.3 Å². The second kappa shape index (κ2) is 7.70. The van der Waals surface area contributed by atoms with Gasteiger partial charge in [-0.3, -0.25) is 9.78 Å². The second-order valence-electron chi connectivity index (χ2n) is 6.09. The summed E-state index contributed by atoms with van der Waals surface area (Å²) < 4.78 is 5.67. The fourth-order valence-corrected chi connectivity index (χ4v) is 3.59. The van der Waals surface area contributed by atoms with Crippen molar-refractivity contribution in [2.45, 2.75) is 23.8 Å². The lowest BCUT2D eigenvalue weighted by Gasteiger charge is -2.15. The number of amides is 1. The molecule has 0 unspecified atom stereocenters. The molecule has 3 heterocycles. The molecule has 0 radical (unpaired) electrons. The van der Waals surface area contributed by atoms with Gasteiger partial charge < -0.3 is 9.32 Å². The van der Waals surface area contributed by atoms with Gasteiger partial charge in [0.25, 0.3) is 11.1 Å². The van der Waals surface area contributed by atoms with Crippen LogP contribution in [-0.4, -0.2) is 39.1 Å². The molecular weight excluding hydrogens is 348 g/mol. The molecule has 7 heteroatoms. The molecule has 0 saturated carbocycles. The summed E-state index contributed by atoms with van der Waals surface area (Å²) in [6, 6.07) is 11.4. The van der Waals surface area contributed by atoms with E-state index >= 15 is 0 Å². The minimum absolute atomic E-state index is 0.126. The Morgan fingerprint density at radius 1 is 1.04 bits per heavy atom. The van der Waals surface area contributed by atoms with Crippen LogP contribution >= 0.6 is 11.8 Å². The van der Waals surface area contributed by atoms with Crippen LogP contribution in [0.2, 0.25) is 0 Å². The zero-order chi connectivity index (χ0) is 17.8. The molecule has 1 saturated heterocycles. The lowest BCUT2D eigenvalue weighted by atomic mass is 10.1. The maximum Gasteiger partial charge on any atom is 0.277 e. The number of hydrogen-bond donors (Lipinski definition) is 0. The predicted molar refractivity (Wildman–Crippen MR) is 98.7 cm³/mol. The van der Waals surface area contributed by atoms with E-state index in [1.165, 1.54) is 11.8 Å². The Kier molecular flexibility index (Phi) is 4.97. The van der Waals surface area contributed by atoms with Crippen molar-refractivity contribution in [3.63, 3.8) is 0 Å². The highest BCUT2D eigenvalue weighted by Crippen LogP contribution is 2.25. The number of rotatable bonds is 5. The van der Waals surface area contributed by atoms with Crippen LogP contribution in [0, 0.1) is 0 Å². The molecule has 0 spiro atoms. The smallest absolute Gasteiger partial charge is 0.277 e. The Labute approximate surface area is 155 Å². The number of carbonyl (C=O) groups is 1. The Bertz CT molecular complexity index is 874. The van der Waals surface area contributed by atoms with E-state index in [0.717, 1.165) is 42.6 Å². The number of likely N-dealkylation sites (tertiary alicyclic amines) is 1. The zero-order valence-corrected chi connectivity index (χ0v) is 15.0. The van der Waals surface area contributed by atoms with Crippen LogP contribution in [-0.2, 0) is 5.75 Å². The van der Waals surface area contributed by atoms with Gasteiger partial charge in [-0.1, -0.05) is 23.9 Å². The van der Waals surface area contributed by atoms with Gasteiger partial charge in [0.05, 0.1) is 0 Å². The van der Waals surface area contributed by atoms with Crippen LogP contribution in [0.15, 0.2) is 58.4 Å². The van der Waals surface area contributed by atoms with Crippen LogP contribution < -0.4 is 0 Å². The SMILES string of the molecule is O=C(c1ccc(CSc2nnc(-c3ccncc3)o2)cc1)N1CCCC1. The van der Waals surface area contributed by atoms with Crippen LogP contribution in [0.3, 0.4) is 0 Å². The number of benzene rings is 1. The maximum atomic E-state index is 12.4. The zero-order valence-electron chi connectivity index (χ0n) is 14.2. The molecule has 0 aliphatic carbocycles. The summed E-state index contributed by atoms with van der Waals surface area (Å²) in [6.45, 7) is 1.74. The van der Waals surface area contributed by atoms with Gasteiger partial charge in [-0.05, 0) is 42.7 Å². The largest absolute Gasteiger partial charge is 0.411 e. The van der Waals surface area contributed by atoms with E-state index in [-0.39, 0.29) is 5.91 Å². The number of nitrogens with zero attached hydrogens (tertiary/aromatic N) is 4. The van der Waals surface area contributed by atoms with Gasteiger partial charge in [0, 0.05) is 42.4 Å². The Morgan fingerprint density at radius 3 is 2.50 bits per heavy atom. The predicted octanol–water partition coefficient (Wildman–Crippen LogP) is 3.66. The van der Waals surface area contributed by atoms with Crippen LogP contribution in [0.5, 0.6) is 0 Å². The normalized spacial score (nSPS) is 13.9. The summed E-state index contributed by atoms with van der Waals surface area (Å²) in [5, 5.41) is 8.66. The van der Waals surface area contributed by atoms with Crippen LogP contribution in [0.25, 0.3) is 11.5 Å². The van der Waals surface area contributed by atoms with E-state index in [1.54, 1.807) is 12.4 Å². The number of thioether (sulfide) groups is 1. The molecule has 1 aliphatic rings. The van der Waals surface area contributed by atoms with E-state index < -0.39 is 0 Å². The van der Waals surface area contributed by atoms with Crippen molar-refractivity contribution in [2.24, 2.45) is 0 Å². The van der Waals surface area contributed by atoms with Crippen molar-refractivity contribution in [3.8, 4) is 11.5 Å². The minimum atomic E-state index is 0.126. The summed E-state index contributed by atoms with van der Waals surface area (Å²) in [5.74, 6) is 1.32. The molecule has 2 aromatic heterocycles. The van der Waals surface area contributed by atoms with Gasteiger partial charge in [0.2, 0.25) is 5.89 Å². The Balaban J connectivity index is 1.36. The first-order valence-corrected chi connectivity index (χ1v) is 9.53. The topological polar surface area (TPSA) is 72.1 Å². The standard InChI is InChI=1S/C19H18N4O2S/c24-18(23-11-1-2-12-23)16-5-3-14(4-6-16)13-26-19-22-21-17(25-19)15-7-9-20-10-8-15/h3-10H,1-2,11-13H2. The van der Waals surface area contributed by atoms with Crippen molar-refractivity contribution >= 4 is 17.7 Å². The monoisotopic (exact) mass is 366 g/mol. The first-order valence-electron chi connectivity index (χ1n) is 8.54. The fourth-order valence-electron chi connectivity index (χ4n) is 2.87. The Morgan fingerprint density at radius 2 is 1.77 bits per heavy atom. The average molecular weight is 366 g/mol. The van der Waals surface area contributed by atoms with Crippen molar-refractivity contribution < 1.29 is 9.21 Å². The number of carbonyl (C=O) groups excluding carboxylic acids is 1. The Hall–Kier alpha value is -2.67. The van der Waals surface area contributed by atoms with E-state index in [2.05, 4.69) is 15.2 Å². The van der Waals surface area contributed by atoms with Gasteiger partial charge in [-0.2, -0.15) is 0 Å². The fraction of sp³-hybridized carbons (Fsp3) is 0.263. The molecule has 132 valence electrons. The summed E-state index contributed by atoms with van der Waals surface area (Å²) in [5.41, 5.74) is 2.71. The average Bonchev–Trinajstić information content (AvgIpc) is 3.39. The highest BCUT2D eigenvalue weighted by atomic mass is 32.2. The number of hydrogen-bond acceptors (Lipinski definition) is 6. The van der Waals surface area contributed by atoms with Gasteiger partial charge in [-0.15, -0.1) is 10.2 Å². The van der Waals surface area contributed by atoms with Crippen LogP contribution in [0.4, 0.5) is 0 Å². The summed E-state index contributed by atoms with van der Waals surface area (Å²) in [6.07, 6.45) is 5.59. The molecule has 26 heavy (non-hydrogen) atoms. The highest BCUT2D eigenvalue weighted by Gasteiger charge is 2.19. The molecule has 1 fully saturated rings. The summed E-state index contributed by atoms with van der Waals surface area (Å²) >= 11 is 1.48. The van der Waals surface area contributed by atoms with Gasteiger partial charge in [0.15, 0.2) is 0 Å². The highest BCUT2D eigenvalue weighted by molar-refractivity contribution is 7.98. The third-order valence-corrected chi connectivity index (χ3v) is 5.18. The molecule has 1 aromatic carbocycles. The third-order valence-electron chi connectivity index (χ3n) is 4.29. The molecule has 3 aromatic rings. The van der Waals surface area contributed by atoms with E-state index in [0.29, 0.717) is 16.9 Å². The molecule has 0 atom stereocenters. The third kappa shape index (κ3) is 3.77. The molecule has 0 bridgehead atoms. The molecule has 1 aliphatic heterocycles. The molecular formula is C19H18N4O2S. The lowest BCUT2D eigenvalue weighted by Crippen LogP contribution is -2.27. The summed E-state index contributed by atoms with van der Waals surface area (Å²) in [4.78, 5) is 18.3. The number of pyridine rings is 1. The molecule has 6 nitrogen and oxygen atoms in total. The molecule has 1 amide bonds. The van der Waals surface area contributed by atoms with Crippen molar-refractivity contribution in [1.29, 1.82) is 0 Å². The summed E-state index contributed by atoms with van der Waals surface area (Å²) in [7, 11) is 0. The minimum Gasteiger partial charge on any atom is -0.411 e. The lowest BCUT2D eigenvalue weighted by molar-refractivity contribution is 0.0793. The van der Waals surface area contributed by atoms with Crippen molar-refractivity contribution in [3.05, 3.63) is 59.9 Å². The van der Waals surface area contributed by atoms with E-state index in [4.69, 9.17) is 4.42 Å². The van der Waals surface area contributed by atoms with Gasteiger partial charge >= 0.3 is 0 Å². The van der Waals surface area contributed by atoms with Crippen LogP contribution in [0.1, 0.15) is 28.8 Å². The molecule has 0 N–H and O–H groups in total. The van der Waals surface area contributed by atoms with E-state index in [9.17, 15) is 4.79 Å². The van der Waals surface area contributed by atoms with Crippen molar-refractivity contribution in [1.82, 2.24) is 20.1 Å². The van der Waals surface area contributed by atoms with Crippen molar-refractivity contribution in [2.75, 3.05) is 13.1 Å².